The lowest BCUT2D eigenvalue weighted by Crippen LogP contribution is -2.41. The molecule has 1 fully saturated rings. The first kappa shape index (κ1) is 16.9. The van der Waals surface area contributed by atoms with Gasteiger partial charge < -0.3 is 25.0 Å². The van der Waals surface area contributed by atoms with E-state index in [1.54, 1.807) is 0 Å². The molecule has 2 heterocycles. The number of nitrogens with one attached hydrogen (secondary N) is 2. The van der Waals surface area contributed by atoms with Crippen LogP contribution in [-0.4, -0.2) is 45.0 Å². The van der Waals surface area contributed by atoms with Crippen molar-refractivity contribution in [2.75, 3.05) is 43.1 Å². The largest absolute Gasteiger partial charge is 0.376 e. The van der Waals surface area contributed by atoms with Gasteiger partial charge in [0.25, 0.3) is 0 Å². The van der Waals surface area contributed by atoms with Crippen LogP contribution in [0.5, 0.6) is 0 Å². The molecule has 0 bridgehead atoms. The molecule has 4 rings (SSSR count). The van der Waals surface area contributed by atoms with Gasteiger partial charge in [0, 0.05) is 18.8 Å². The summed E-state index contributed by atoms with van der Waals surface area (Å²) in [6.45, 7) is 3.05. The topological polar surface area (TPSA) is 62.8 Å². The van der Waals surface area contributed by atoms with Gasteiger partial charge >= 0.3 is 6.03 Å². The Morgan fingerprint density at radius 2 is 1.88 bits per heavy atom. The van der Waals surface area contributed by atoms with Gasteiger partial charge in [-0.1, -0.05) is 30.3 Å². The fourth-order valence-electron chi connectivity index (χ4n) is 3.43. The van der Waals surface area contributed by atoms with E-state index in [-0.39, 0.29) is 12.1 Å². The number of nitrogens with zero attached hydrogens (tertiary/aromatic N) is 1. The SMILES string of the molecule is O=C(NC[C@H]1COCCO1)Nc1ccccc1N1CCc2ccccc21. The fourth-order valence-corrected chi connectivity index (χ4v) is 3.43. The summed E-state index contributed by atoms with van der Waals surface area (Å²) >= 11 is 0. The molecular weight excluding hydrogens is 330 g/mol. The maximum absolute atomic E-state index is 12.3. The Kier molecular flexibility index (Phi) is 5.04. The van der Waals surface area contributed by atoms with Crippen LogP contribution in [0, 0.1) is 0 Å². The Hall–Kier alpha value is -2.57. The maximum Gasteiger partial charge on any atom is 0.319 e. The lowest BCUT2D eigenvalue weighted by atomic mass is 10.2. The van der Waals surface area contributed by atoms with Crippen molar-refractivity contribution in [3.8, 4) is 0 Å². The summed E-state index contributed by atoms with van der Waals surface area (Å²) in [6, 6.07) is 16.0. The van der Waals surface area contributed by atoms with E-state index in [4.69, 9.17) is 9.47 Å². The second kappa shape index (κ2) is 7.76. The van der Waals surface area contributed by atoms with E-state index in [2.05, 4.69) is 33.7 Å². The minimum Gasteiger partial charge on any atom is -0.376 e. The van der Waals surface area contributed by atoms with Crippen LogP contribution in [0.4, 0.5) is 21.9 Å². The summed E-state index contributed by atoms with van der Waals surface area (Å²) in [5.74, 6) is 0. The van der Waals surface area contributed by atoms with Gasteiger partial charge in [0.15, 0.2) is 0 Å². The quantitative estimate of drug-likeness (QED) is 0.887. The Morgan fingerprint density at radius 1 is 1.08 bits per heavy atom. The minimum atomic E-state index is -0.237. The first-order chi connectivity index (χ1) is 12.8. The number of carbonyl (C=O) groups is 1. The molecule has 0 aliphatic carbocycles. The van der Waals surface area contributed by atoms with Crippen molar-refractivity contribution in [2.45, 2.75) is 12.5 Å². The van der Waals surface area contributed by atoms with Crippen molar-refractivity contribution in [3.05, 3.63) is 54.1 Å². The molecule has 2 amide bonds. The molecule has 26 heavy (non-hydrogen) atoms. The van der Waals surface area contributed by atoms with Gasteiger partial charge in [0.05, 0.1) is 37.3 Å². The molecule has 0 radical (unpaired) electrons. The number of benzene rings is 2. The van der Waals surface area contributed by atoms with Crippen LogP contribution >= 0.6 is 0 Å². The highest BCUT2D eigenvalue weighted by Crippen LogP contribution is 2.37. The van der Waals surface area contributed by atoms with Crippen LogP contribution in [-0.2, 0) is 15.9 Å². The molecule has 0 aromatic heterocycles. The summed E-state index contributed by atoms with van der Waals surface area (Å²) < 4.78 is 10.9. The minimum absolute atomic E-state index is 0.0878. The van der Waals surface area contributed by atoms with E-state index in [1.807, 2.05) is 30.3 Å². The molecule has 0 spiro atoms. The van der Waals surface area contributed by atoms with Gasteiger partial charge in [0.1, 0.15) is 0 Å². The van der Waals surface area contributed by atoms with Crippen molar-refractivity contribution < 1.29 is 14.3 Å². The average molecular weight is 353 g/mol. The molecule has 1 saturated heterocycles. The van der Waals surface area contributed by atoms with Crippen molar-refractivity contribution in [1.29, 1.82) is 0 Å². The highest BCUT2D eigenvalue weighted by Gasteiger charge is 2.22. The molecule has 2 aliphatic rings. The Balaban J connectivity index is 1.44. The molecule has 2 aliphatic heterocycles. The van der Waals surface area contributed by atoms with Gasteiger partial charge in [-0.25, -0.2) is 4.79 Å². The Morgan fingerprint density at radius 3 is 2.73 bits per heavy atom. The third kappa shape index (κ3) is 3.66. The normalized spacial score (nSPS) is 19.1. The van der Waals surface area contributed by atoms with Crippen molar-refractivity contribution in [3.63, 3.8) is 0 Å². The molecule has 136 valence electrons. The molecule has 0 unspecified atom stereocenters. The van der Waals surface area contributed by atoms with Crippen molar-refractivity contribution in [1.82, 2.24) is 5.32 Å². The monoisotopic (exact) mass is 353 g/mol. The predicted octanol–water partition coefficient (Wildman–Crippen LogP) is 2.92. The summed E-state index contributed by atoms with van der Waals surface area (Å²) in [4.78, 5) is 14.6. The number of anilines is 3. The lowest BCUT2D eigenvalue weighted by Gasteiger charge is -2.24. The Bertz CT molecular complexity index is 774. The number of amides is 2. The van der Waals surface area contributed by atoms with Crippen LogP contribution in [0.25, 0.3) is 0 Å². The number of hydrogen-bond acceptors (Lipinski definition) is 4. The third-order valence-electron chi connectivity index (χ3n) is 4.71. The lowest BCUT2D eigenvalue weighted by molar-refractivity contribution is -0.0852. The molecule has 2 aromatic rings. The van der Waals surface area contributed by atoms with Crippen LogP contribution in [0.3, 0.4) is 0 Å². The van der Waals surface area contributed by atoms with Crippen LogP contribution in [0.1, 0.15) is 5.56 Å². The zero-order valence-electron chi connectivity index (χ0n) is 14.6. The summed E-state index contributed by atoms with van der Waals surface area (Å²) in [6.07, 6.45) is 0.922. The smallest absolute Gasteiger partial charge is 0.319 e. The van der Waals surface area contributed by atoms with E-state index in [0.29, 0.717) is 26.4 Å². The fraction of sp³-hybridized carbons (Fsp3) is 0.350. The zero-order valence-corrected chi connectivity index (χ0v) is 14.6. The summed E-state index contributed by atoms with van der Waals surface area (Å²) in [5, 5.41) is 5.83. The van der Waals surface area contributed by atoms with Crippen LogP contribution < -0.4 is 15.5 Å². The standard InChI is InChI=1S/C20H23N3O3/c24-20(21-13-16-14-25-11-12-26-16)22-17-6-2-4-8-19(17)23-10-9-15-5-1-3-7-18(15)23/h1-8,16H,9-14H2,(H2,21,22,24)/t16-/m0/s1. The second-order valence-electron chi connectivity index (χ2n) is 6.45. The van der Waals surface area contributed by atoms with Crippen LogP contribution in [0.15, 0.2) is 48.5 Å². The second-order valence-corrected chi connectivity index (χ2v) is 6.45. The average Bonchev–Trinajstić information content (AvgIpc) is 3.12. The highest BCUT2D eigenvalue weighted by atomic mass is 16.6. The molecule has 6 nitrogen and oxygen atoms in total. The summed E-state index contributed by atoms with van der Waals surface area (Å²) in [7, 11) is 0. The zero-order chi connectivity index (χ0) is 17.8. The number of ether oxygens (including phenoxy) is 2. The number of para-hydroxylation sites is 3. The number of fused-ring (bicyclic) bond motifs is 1. The first-order valence-corrected chi connectivity index (χ1v) is 9.00. The van der Waals surface area contributed by atoms with Crippen molar-refractivity contribution in [2.24, 2.45) is 0 Å². The van der Waals surface area contributed by atoms with E-state index in [9.17, 15) is 4.79 Å². The molecular formula is C20H23N3O3. The highest BCUT2D eigenvalue weighted by molar-refractivity contribution is 5.94. The molecule has 2 aromatic carbocycles. The van der Waals surface area contributed by atoms with E-state index in [1.165, 1.54) is 11.3 Å². The number of urea groups is 1. The van der Waals surface area contributed by atoms with Gasteiger partial charge in [-0.05, 0) is 30.2 Å². The van der Waals surface area contributed by atoms with Gasteiger partial charge in [-0.2, -0.15) is 0 Å². The molecule has 2 N–H and O–H groups in total. The van der Waals surface area contributed by atoms with Crippen molar-refractivity contribution >= 4 is 23.1 Å². The van der Waals surface area contributed by atoms with Gasteiger partial charge in [-0.3, -0.25) is 0 Å². The number of carbonyl (C=O) groups excluding carboxylic acids is 1. The van der Waals surface area contributed by atoms with E-state index < -0.39 is 0 Å². The van der Waals surface area contributed by atoms with Crippen LogP contribution in [0.2, 0.25) is 0 Å². The van der Waals surface area contributed by atoms with Gasteiger partial charge in [-0.15, -0.1) is 0 Å². The summed E-state index contributed by atoms with van der Waals surface area (Å²) in [5.41, 5.74) is 4.34. The molecule has 6 heteroatoms. The molecule has 0 saturated carbocycles. The number of rotatable bonds is 4. The number of hydrogen-bond donors (Lipinski definition) is 2. The maximum atomic E-state index is 12.3. The van der Waals surface area contributed by atoms with E-state index in [0.717, 1.165) is 24.3 Å². The first-order valence-electron chi connectivity index (χ1n) is 9.00. The molecule has 1 atom stereocenters. The Labute approximate surface area is 153 Å². The van der Waals surface area contributed by atoms with Gasteiger partial charge in [0.2, 0.25) is 0 Å². The predicted molar refractivity (Wildman–Crippen MR) is 101 cm³/mol. The third-order valence-corrected chi connectivity index (χ3v) is 4.71. The van der Waals surface area contributed by atoms with E-state index >= 15 is 0 Å².